The van der Waals surface area contributed by atoms with Crippen molar-refractivity contribution in [3.8, 4) is 0 Å². The fourth-order valence-corrected chi connectivity index (χ4v) is 3.61. The summed E-state index contributed by atoms with van der Waals surface area (Å²) in [5.41, 5.74) is 2.08. The summed E-state index contributed by atoms with van der Waals surface area (Å²) in [5, 5.41) is 3.01. The van der Waals surface area contributed by atoms with E-state index >= 15 is 0 Å². The van der Waals surface area contributed by atoms with Gasteiger partial charge in [0.25, 0.3) is 0 Å². The molecule has 3 aliphatic rings. The largest absolute Gasteiger partial charge is 0.353 e. The van der Waals surface area contributed by atoms with Gasteiger partial charge in [-0.05, 0) is 31.0 Å². The van der Waals surface area contributed by atoms with Crippen LogP contribution in [0.2, 0.25) is 0 Å². The normalized spacial score (nSPS) is 21.7. The molecule has 0 bridgehead atoms. The van der Waals surface area contributed by atoms with Gasteiger partial charge in [0.2, 0.25) is 0 Å². The number of hydrogen-bond donors (Lipinski definition) is 1. The SMILES string of the molecule is CCc1cccc(NC(=O)N2CCN(C3=CC4=N[C@@H](C)CN4C=N3)CC2)c1. The standard InChI is InChI=1S/C20H26N6O/c1-3-16-5-4-6-17(11-16)23-20(27)25-9-7-24(8-10-25)18-12-19-22-15(2)13-26(19)14-21-18/h4-6,11-12,14-15H,3,7-10,13H2,1-2H3,(H,23,27)/t15-/m0/s1. The third kappa shape index (κ3) is 3.82. The Labute approximate surface area is 160 Å². The van der Waals surface area contributed by atoms with E-state index < -0.39 is 0 Å². The lowest BCUT2D eigenvalue weighted by molar-refractivity contribution is 0.167. The van der Waals surface area contributed by atoms with E-state index in [-0.39, 0.29) is 6.03 Å². The Kier molecular flexibility index (Phi) is 4.83. The molecule has 0 saturated carbocycles. The van der Waals surface area contributed by atoms with Gasteiger partial charge in [0, 0.05) is 44.5 Å². The number of nitrogens with one attached hydrogen (secondary N) is 1. The number of piperazine rings is 1. The van der Waals surface area contributed by atoms with Crippen molar-refractivity contribution in [1.29, 1.82) is 0 Å². The van der Waals surface area contributed by atoms with E-state index in [9.17, 15) is 4.79 Å². The lowest BCUT2D eigenvalue weighted by Crippen LogP contribution is -2.49. The molecule has 0 radical (unpaired) electrons. The molecule has 0 aromatic heterocycles. The average Bonchev–Trinajstić information content (AvgIpc) is 3.07. The minimum Gasteiger partial charge on any atom is -0.353 e. The number of rotatable bonds is 3. The number of nitrogens with zero attached hydrogens (tertiary/aromatic N) is 5. The Bertz CT molecular complexity index is 806. The molecule has 0 unspecified atom stereocenters. The van der Waals surface area contributed by atoms with Crippen LogP contribution in [0.5, 0.6) is 0 Å². The van der Waals surface area contributed by atoms with Gasteiger partial charge < -0.3 is 20.0 Å². The second-order valence-corrected chi connectivity index (χ2v) is 7.19. The van der Waals surface area contributed by atoms with Gasteiger partial charge >= 0.3 is 6.03 Å². The van der Waals surface area contributed by atoms with Crippen LogP contribution in [-0.2, 0) is 6.42 Å². The maximum Gasteiger partial charge on any atom is 0.321 e. The van der Waals surface area contributed by atoms with Crippen LogP contribution in [0.4, 0.5) is 10.5 Å². The minimum absolute atomic E-state index is 0.0378. The summed E-state index contributed by atoms with van der Waals surface area (Å²) in [6.07, 6.45) is 4.88. The summed E-state index contributed by atoms with van der Waals surface area (Å²) in [4.78, 5) is 27.9. The number of benzene rings is 1. The number of anilines is 1. The Hall–Kier alpha value is -2.83. The lowest BCUT2D eigenvalue weighted by atomic mass is 10.1. The van der Waals surface area contributed by atoms with Crippen molar-refractivity contribution in [2.75, 3.05) is 38.0 Å². The molecule has 142 valence electrons. The van der Waals surface area contributed by atoms with Crippen LogP contribution in [0.3, 0.4) is 0 Å². The molecule has 1 atom stereocenters. The van der Waals surface area contributed by atoms with Gasteiger partial charge in [-0.1, -0.05) is 19.1 Å². The van der Waals surface area contributed by atoms with Crippen LogP contribution in [0.25, 0.3) is 0 Å². The van der Waals surface area contributed by atoms with E-state index in [0.717, 1.165) is 43.4 Å². The van der Waals surface area contributed by atoms with Gasteiger partial charge in [-0.15, -0.1) is 0 Å². The molecule has 1 aromatic rings. The zero-order valence-electron chi connectivity index (χ0n) is 15.9. The van der Waals surface area contributed by atoms with E-state index in [1.165, 1.54) is 5.56 Å². The maximum absolute atomic E-state index is 12.6. The molecule has 7 nitrogen and oxygen atoms in total. The van der Waals surface area contributed by atoms with Crippen LogP contribution in [0, 0.1) is 0 Å². The van der Waals surface area contributed by atoms with E-state index in [1.807, 2.05) is 29.4 Å². The highest BCUT2D eigenvalue weighted by Gasteiger charge is 2.27. The number of amides is 2. The Morgan fingerprint density at radius 1 is 1.26 bits per heavy atom. The Balaban J connectivity index is 1.33. The van der Waals surface area contributed by atoms with Crippen LogP contribution < -0.4 is 5.32 Å². The summed E-state index contributed by atoms with van der Waals surface area (Å²) in [6, 6.07) is 8.30. The van der Waals surface area contributed by atoms with E-state index in [2.05, 4.69) is 51.1 Å². The fourth-order valence-electron chi connectivity index (χ4n) is 3.61. The number of urea groups is 1. The minimum atomic E-state index is -0.0378. The molecule has 1 fully saturated rings. The highest BCUT2D eigenvalue weighted by atomic mass is 16.2. The van der Waals surface area contributed by atoms with E-state index in [1.54, 1.807) is 0 Å². The monoisotopic (exact) mass is 366 g/mol. The third-order valence-corrected chi connectivity index (χ3v) is 5.17. The first-order valence-electron chi connectivity index (χ1n) is 9.62. The van der Waals surface area contributed by atoms with Crippen molar-refractivity contribution in [3.63, 3.8) is 0 Å². The predicted molar refractivity (Wildman–Crippen MR) is 108 cm³/mol. The van der Waals surface area contributed by atoms with Gasteiger partial charge in [0.1, 0.15) is 11.7 Å². The molecule has 7 heteroatoms. The van der Waals surface area contributed by atoms with Crippen molar-refractivity contribution in [2.45, 2.75) is 26.3 Å². The molecule has 0 spiro atoms. The van der Waals surface area contributed by atoms with Crippen molar-refractivity contribution in [2.24, 2.45) is 9.98 Å². The van der Waals surface area contributed by atoms with Crippen LogP contribution in [0.1, 0.15) is 19.4 Å². The number of amidine groups is 1. The summed E-state index contributed by atoms with van der Waals surface area (Å²) >= 11 is 0. The molecule has 27 heavy (non-hydrogen) atoms. The van der Waals surface area contributed by atoms with Crippen LogP contribution >= 0.6 is 0 Å². The van der Waals surface area contributed by atoms with Crippen molar-refractivity contribution < 1.29 is 4.79 Å². The zero-order chi connectivity index (χ0) is 18.8. The van der Waals surface area contributed by atoms with Crippen LogP contribution in [-0.4, -0.2) is 71.7 Å². The molecule has 4 rings (SSSR count). The van der Waals surface area contributed by atoms with Crippen LogP contribution in [0.15, 0.2) is 46.1 Å². The van der Waals surface area contributed by atoms with Gasteiger partial charge in [-0.3, -0.25) is 4.99 Å². The second-order valence-electron chi connectivity index (χ2n) is 7.19. The molecular formula is C20H26N6O. The smallest absolute Gasteiger partial charge is 0.321 e. The number of carbonyl (C=O) groups excluding carboxylic acids is 1. The van der Waals surface area contributed by atoms with Crippen molar-refractivity contribution >= 4 is 23.9 Å². The predicted octanol–water partition coefficient (Wildman–Crippen LogP) is 2.38. The Morgan fingerprint density at radius 2 is 2.07 bits per heavy atom. The summed E-state index contributed by atoms with van der Waals surface area (Å²) < 4.78 is 0. The van der Waals surface area contributed by atoms with Crippen molar-refractivity contribution in [1.82, 2.24) is 14.7 Å². The third-order valence-electron chi connectivity index (χ3n) is 5.17. The second kappa shape index (κ2) is 7.42. The number of fused-ring (bicyclic) bond motifs is 1. The van der Waals surface area contributed by atoms with E-state index in [4.69, 9.17) is 0 Å². The maximum atomic E-state index is 12.6. The zero-order valence-corrected chi connectivity index (χ0v) is 15.9. The van der Waals surface area contributed by atoms with Gasteiger partial charge in [-0.25, -0.2) is 9.79 Å². The number of carbonyl (C=O) groups is 1. The quantitative estimate of drug-likeness (QED) is 0.893. The van der Waals surface area contributed by atoms with Gasteiger partial charge in [0.05, 0.1) is 12.4 Å². The number of hydrogen-bond acceptors (Lipinski definition) is 5. The van der Waals surface area contributed by atoms with Crippen molar-refractivity contribution in [3.05, 3.63) is 41.7 Å². The first-order chi connectivity index (χ1) is 13.1. The Morgan fingerprint density at radius 3 is 2.85 bits per heavy atom. The first-order valence-corrected chi connectivity index (χ1v) is 9.62. The number of aliphatic imine (C=N–C) groups is 2. The summed E-state index contributed by atoms with van der Waals surface area (Å²) in [5.74, 6) is 1.93. The van der Waals surface area contributed by atoms with Gasteiger partial charge in [0.15, 0.2) is 0 Å². The molecule has 1 N–H and O–H groups in total. The first kappa shape index (κ1) is 17.6. The number of aryl methyl sites for hydroxylation is 1. The lowest BCUT2D eigenvalue weighted by Gasteiger charge is -2.36. The topological polar surface area (TPSA) is 63.5 Å². The fraction of sp³-hybridized carbons (Fsp3) is 0.450. The molecule has 2 amide bonds. The molecular weight excluding hydrogens is 340 g/mol. The van der Waals surface area contributed by atoms with Gasteiger partial charge in [-0.2, -0.15) is 0 Å². The molecule has 3 aliphatic heterocycles. The highest BCUT2D eigenvalue weighted by molar-refractivity contribution is 6.03. The highest BCUT2D eigenvalue weighted by Crippen LogP contribution is 2.19. The summed E-state index contributed by atoms with van der Waals surface area (Å²) in [7, 11) is 0. The molecule has 0 aliphatic carbocycles. The molecule has 1 saturated heterocycles. The summed E-state index contributed by atoms with van der Waals surface area (Å²) in [6.45, 7) is 8.02. The molecule has 3 heterocycles. The molecule has 1 aromatic carbocycles. The average molecular weight is 366 g/mol. The van der Waals surface area contributed by atoms with E-state index in [0.29, 0.717) is 19.1 Å².